The molecule has 10 aliphatic rings. The van der Waals surface area contributed by atoms with Gasteiger partial charge in [0.05, 0.1) is 60.7 Å². The molecule has 10 fully saturated rings. The van der Waals surface area contributed by atoms with Crippen molar-refractivity contribution >= 4 is 15.6 Å². The number of aliphatic hydroxyl groups is 1. The van der Waals surface area contributed by atoms with Gasteiger partial charge in [0, 0.05) is 39.0 Å². The second-order valence-corrected chi connectivity index (χ2v) is 21.0. The summed E-state index contributed by atoms with van der Waals surface area (Å²) in [7, 11) is -1.71. The van der Waals surface area contributed by atoms with Gasteiger partial charge < -0.3 is 43.0 Å². The van der Waals surface area contributed by atoms with Crippen molar-refractivity contribution in [3.8, 4) is 0 Å². The van der Waals surface area contributed by atoms with Crippen LogP contribution in [0, 0.1) is 23.7 Å². The number of fused-ring (bicyclic) bond motifs is 6. The molecule has 1 N–H and O–H groups in total. The Balaban J connectivity index is 0.989. The maximum atomic E-state index is 14.2. The molecular weight excluding hydrogens is 729 g/mol. The molecule has 55 heavy (non-hydrogen) atoms. The summed E-state index contributed by atoms with van der Waals surface area (Å²) in [6, 6.07) is 0. The Kier molecular flexibility index (Phi) is 10.8. The number of rotatable bonds is 5. The third-order valence-electron chi connectivity index (χ3n) is 14.8. The van der Waals surface area contributed by atoms with E-state index in [0.29, 0.717) is 38.5 Å². The summed E-state index contributed by atoms with van der Waals surface area (Å²) >= 11 is 0. The number of methoxy groups -OCH3 is 1. The van der Waals surface area contributed by atoms with E-state index in [1.165, 1.54) is 0 Å². The zero-order chi connectivity index (χ0) is 38.4. The third kappa shape index (κ3) is 7.71. The number of carbonyl (C=O) groups excluding carboxylic acids is 1. The number of ether oxygens (including phenoxy) is 8. The van der Waals surface area contributed by atoms with Crippen LogP contribution in [0.25, 0.3) is 0 Å². The average Bonchev–Trinajstić information content (AvgIpc) is 3.79. The molecule has 9 aliphatic heterocycles. The molecule has 0 amide bonds. The zero-order valence-electron chi connectivity index (χ0n) is 32.8. The van der Waals surface area contributed by atoms with Gasteiger partial charge in [-0.2, -0.15) is 0 Å². The molecule has 1 saturated carbocycles. The van der Waals surface area contributed by atoms with Gasteiger partial charge in [0.2, 0.25) is 0 Å². The molecule has 19 atom stereocenters. The van der Waals surface area contributed by atoms with E-state index < -0.39 is 21.7 Å². The molecule has 12 bridgehead atoms. The first kappa shape index (κ1) is 39.2. The Morgan fingerprint density at radius 3 is 2.35 bits per heavy atom. The summed E-state index contributed by atoms with van der Waals surface area (Å²) in [5.74, 6) is -0.881. The molecule has 308 valence electrons. The first-order valence-electron chi connectivity index (χ1n) is 21.1. The van der Waals surface area contributed by atoms with Crippen LogP contribution in [-0.4, -0.2) is 130 Å². The van der Waals surface area contributed by atoms with Crippen LogP contribution in [0.3, 0.4) is 0 Å². The standard InChI is InChI=1S/C42H62O12S/c1-21-12-28-6-8-32-22(2)13-30(48-32)10-11-42-19-35-38(53-42)39-40(52-35)41(54-42)37-33(51-39)9-7-29(50-37)17-26(43)18-31-24(16-34(49-28)23(21)3)14-25(36(31)47-4)15-27(44)20-55(5,45)46/h21,24-25,27-41,44H,2-3,6-20H2,1,4-5H3/t21-,24?,25-,27+,28+,29-,30+,31+,32?,33+,34?,35-,36+,37+,38+,39+,40-,41+,42+/m1/s1. The number of Topliss-reactive ketones (excluding diaryl/α,β-unsaturated/α-hetero) is 1. The Labute approximate surface area is 326 Å². The van der Waals surface area contributed by atoms with Crippen molar-refractivity contribution in [1.29, 1.82) is 0 Å². The van der Waals surface area contributed by atoms with Crippen LogP contribution in [0.4, 0.5) is 0 Å². The molecule has 10 rings (SSSR count). The number of aliphatic hydroxyl groups excluding tert-OH is 1. The van der Waals surface area contributed by atoms with Gasteiger partial charge in [-0.25, -0.2) is 8.42 Å². The van der Waals surface area contributed by atoms with Crippen LogP contribution in [0.15, 0.2) is 24.3 Å². The lowest BCUT2D eigenvalue weighted by Gasteiger charge is -2.47. The van der Waals surface area contributed by atoms with Crippen molar-refractivity contribution in [2.45, 2.75) is 188 Å². The number of hydrogen-bond donors (Lipinski definition) is 1. The summed E-state index contributed by atoms with van der Waals surface area (Å²) in [6.45, 7) is 11.2. The van der Waals surface area contributed by atoms with Crippen molar-refractivity contribution in [1.82, 2.24) is 0 Å². The van der Waals surface area contributed by atoms with Gasteiger partial charge in [0.15, 0.2) is 5.79 Å². The fourth-order valence-electron chi connectivity index (χ4n) is 12.3. The Morgan fingerprint density at radius 2 is 1.55 bits per heavy atom. The minimum absolute atomic E-state index is 0.0287. The molecule has 0 radical (unpaired) electrons. The van der Waals surface area contributed by atoms with Gasteiger partial charge in [0.25, 0.3) is 0 Å². The summed E-state index contributed by atoms with van der Waals surface area (Å²) in [6.07, 6.45) is 7.09. The largest absolute Gasteiger partial charge is 0.392 e. The predicted molar refractivity (Wildman–Crippen MR) is 200 cm³/mol. The first-order valence-corrected chi connectivity index (χ1v) is 23.2. The summed E-state index contributed by atoms with van der Waals surface area (Å²) in [5.41, 5.74) is 2.21. The number of hydrogen-bond acceptors (Lipinski definition) is 12. The molecule has 12 nitrogen and oxygen atoms in total. The number of sulfone groups is 1. The van der Waals surface area contributed by atoms with E-state index in [9.17, 15) is 18.3 Å². The van der Waals surface area contributed by atoms with E-state index in [1.807, 2.05) is 0 Å². The topological polar surface area (TPSA) is 145 Å². The maximum Gasteiger partial charge on any atom is 0.172 e. The molecule has 3 unspecified atom stereocenters. The molecule has 0 aromatic rings. The van der Waals surface area contributed by atoms with Gasteiger partial charge >= 0.3 is 0 Å². The van der Waals surface area contributed by atoms with Crippen LogP contribution >= 0.6 is 0 Å². The van der Waals surface area contributed by atoms with Crippen molar-refractivity contribution < 1.29 is 56.2 Å². The van der Waals surface area contributed by atoms with Crippen LogP contribution in [-0.2, 0) is 52.5 Å². The van der Waals surface area contributed by atoms with E-state index in [0.717, 1.165) is 55.9 Å². The minimum Gasteiger partial charge on any atom is -0.392 e. The first-order chi connectivity index (χ1) is 26.2. The van der Waals surface area contributed by atoms with Crippen molar-refractivity contribution in [2.24, 2.45) is 23.7 Å². The minimum atomic E-state index is -3.37. The maximum absolute atomic E-state index is 14.2. The smallest absolute Gasteiger partial charge is 0.172 e. The number of ketones is 1. The van der Waals surface area contributed by atoms with Crippen molar-refractivity contribution in [3.05, 3.63) is 24.3 Å². The Bertz CT molecular complexity index is 1600. The quantitative estimate of drug-likeness (QED) is 0.395. The molecule has 9 heterocycles. The van der Waals surface area contributed by atoms with Gasteiger partial charge in [-0.15, -0.1) is 0 Å². The van der Waals surface area contributed by atoms with Crippen LogP contribution in [0.5, 0.6) is 0 Å². The van der Waals surface area contributed by atoms with Gasteiger partial charge in [-0.05, 0) is 99.0 Å². The molecule has 0 aromatic heterocycles. The van der Waals surface area contributed by atoms with E-state index in [2.05, 4.69) is 20.1 Å². The molecular formula is C42H62O12S. The number of carbonyl (C=O) groups is 1. The summed E-state index contributed by atoms with van der Waals surface area (Å²) in [4.78, 5) is 14.2. The van der Waals surface area contributed by atoms with Crippen LogP contribution in [0.1, 0.15) is 96.8 Å². The van der Waals surface area contributed by atoms with Gasteiger partial charge in [-0.1, -0.05) is 20.1 Å². The lowest BCUT2D eigenvalue weighted by molar-refractivity contribution is -0.292. The van der Waals surface area contributed by atoms with E-state index >= 15 is 0 Å². The fourth-order valence-corrected chi connectivity index (χ4v) is 13.2. The monoisotopic (exact) mass is 790 g/mol. The molecule has 1 spiro atoms. The van der Waals surface area contributed by atoms with E-state index in [-0.39, 0.29) is 127 Å². The van der Waals surface area contributed by atoms with E-state index in [1.54, 1.807) is 7.11 Å². The average molecular weight is 791 g/mol. The van der Waals surface area contributed by atoms with Gasteiger partial charge in [0.1, 0.15) is 46.1 Å². The predicted octanol–water partition coefficient (Wildman–Crippen LogP) is 4.39. The lowest BCUT2D eigenvalue weighted by Crippen LogP contribution is -2.61. The highest BCUT2D eigenvalue weighted by Crippen LogP contribution is 2.55. The molecule has 1 aliphatic carbocycles. The zero-order valence-corrected chi connectivity index (χ0v) is 33.6. The van der Waals surface area contributed by atoms with Crippen LogP contribution < -0.4 is 0 Å². The highest BCUT2D eigenvalue weighted by atomic mass is 32.2. The normalized spacial score (nSPS) is 50.5. The summed E-state index contributed by atoms with van der Waals surface area (Å²) in [5, 5.41) is 10.9. The third-order valence-corrected chi connectivity index (χ3v) is 15.8. The second kappa shape index (κ2) is 15.1. The van der Waals surface area contributed by atoms with Crippen molar-refractivity contribution in [3.63, 3.8) is 0 Å². The fraction of sp³-hybridized carbons (Fsp3) is 0.881. The summed E-state index contributed by atoms with van der Waals surface area (Å²) < 4.78 is 77.7. The highest BCUT2D eigenvalue weighted by Gasteiger charge is 2.68. The van der Waals surface area contributed by atoms with Crippen molar-refractivity contribution in [2.75, 3.05) is 19.1 Å². The Hall–Kier alpha value is -1.26. The lowest BCUT2D eigenvalue weighted by atomic mass is 9.79. The van der Waals surface area contributed by atoms with Crippen LogP contribution in [0.2, 0.25) is 0 Å². The highest BCUT2D eigenvalue weighted by molar-refractivity contribution is 7.90. The Morgan fingerprint density at radius 1 is 0.818 bits per heavy atom. The molecule has 13 heteroatoms. The van der Waals surface area contributed by atoms with Gasteiger partial charge in [-0.3, -0.25) is 4.79 Å². The van der Waals surface area contributed by atoms with E-state index in [4.69, 9.17) is 37.9 Å². The SMILES string of the molecule is C=C1C[C@@H]2CC[C@@]34C[C@H]5O[C@H]6[C@@H](O3)[C@H]3O[C@H](CC[C@@H]3O[C@H]6[C@H]5O4)CC(=O)C[C@H]3C(CC4O[C@@H](CCC1O2)C[C@@H](C)C4=C)C[C@H](C[C@H](O)CS(C)(=O)=O)[C@@H]3OC. The second-order valence-electron chi connectivity index (χ2n) is 18.8. The molecule has 9 saturated heterocycles. The molecule has 0 aromatic carbocycles.